The first kappa shape index (κ1) is 10.3. The molecule has 1 nitrogen and oxygen atoms in total. The van der Waals surface area contributed by atoms with Crippen molar-refractivity contribution in [2.45, 2.75) is 31.8 Å². The van der Waals surface area contributed by atoms with Gasteiger partial charge in [0.05, 0.1) is 6.10 Å². The molecule has 0 bridgehead atoms. The molecule has 1 aromatic carbocycles. The first-order valence-corrected chi connectivity index (χ1v) is 6.79. The summed E-state index contributed by atoms with van der Waals surface area (Å²) in [6.45, 7) is 2.18. The van der Waals surface area contributed by atoms with Gasteiger partial charge in [0.1, 0.15) is 0 Å². The van der Waals surface area contributed by atoms with Crippen LogP contribution in [0.2, 0.25) is 0 Å². The average molecular weight is 232 g/mol. The average Bonchev–Trinajstić information content (AvgIpc) is 2.87. The van der Waals surface area contributed by atoms with Crippen LogP contribution in [0.5, 0.6) is 0 Å². The molecule has 1 aliphatic carbocycles. The topological polar surface area (TPSA) is 20.2 Å². The second-order valence-electron chi connectivity index (χ2n) is 4.80. The summed E-state index contributed by atoms with van der Waals surface area (Å²) in [6, 6.07) is 8.73. The smallest absolute Gasteiger partial charge is 0.0571 e. The van der Waals surface area contributed by atoms with Crippen LogP contribution in [-0.4, -0.2) is 11.2 Å². The lowest BCUT2D eigenvalue weighted by Crippen LogP contribution is -2.14. The molecule has 1 heterocycles. The van der Waals surface area contributed by atoms with E-state index in [2.05, 4.69) is 36.6 Å². The Hall–Kier alpha value is -0.860. The summed E-state index contributed by atoms with van der Waals surface area (Å²) in [7, 11) is 0. The third kappa shape index (κ3) is 1.48. The molecule has 2 heteroatoms. The monoisotopic (exact) mass is 232 g/mol. The largest absolute Gasteiger partial charge is 0.393 e. The molecule has 0 spiro atoms. The van der Waals surface area contributed by atoms with E-state index in [1.54, 1.807) is 0 Å². The van der Waals surface area contributed by atoms with Gasteiger partial charge in [-0.2, -0.15) is 0 Å². The lowest BCUT2D eigenvalue weighted by Gasteiger charge is -2.18. The van der Waals surface area contributed by atoms with Crippen molar-refractivity contribution in [1.29, 1.82) is 0 Å². The molecule has 0 aliphatic heterocycles. The molecule has 1 saturated carbocycles. The van der Waals surface area contributed by atoms with E-state index in [9.17, 15) is 5.11 Å². The lowest BCUT2D eigenvalue weighted by atomic mass is 9.89. The van der Waals surface area contributed by atoms with Gasteiger partial charge >= 0.3 is 0 Å². The number of fused-ring (bicyclic) bond motifs is 1. The molecule has 1 fully saturated rings. The molecule has 3 atom stereocenters. The van der Waals surface area contributed by atoms with Crippen molar-refractivity contribution in [3.05, 3.63) is 35.2 Å². The highest BCUT2D eigenvalue weighted by atomic mass is 32.1. The predicted molar refractivity (Wildman–Crippen MR) is 69.0 cm³/mol. The minimum Gasteiger partial charge on any atom is -0.393 e. The molecule has 1 aromatic heterocycles. The fraction of sp³-hybridized carbons (Fsp3) is 0.429. The number of aliphatic hydroxyl groups is 1. The summed E-state index contributed by atoms with van der Waals surface area (Å²) in [6.07, 6.45) is 1.97. The van der Waals surface area contributed by atoms with Crippen LogP contribution in [0.15, 0.2) is 29.6 Å². The molecule has 1 N–H and O–H groups in total. The van der Waals surface area contributed by atoms with Gasteiger partial charge in [-0.05, 0) is 47.1 Å². The van der Waals surface area contributed by atoms with E-state index in [1.807, 2.05) is 11.3 Å². The highest BCUT2D eigenvalue weighted by Crippen LogP contribution is 2.43. The Balaban J connectivity index is 2.09. The first-order valence-electron chi connectivity index (χ1n) is 5.91. The molecule has 84 valence electrons. The standard InChI is InChI=1S/C14H16OS/c1-9-11(5-6-13(9)15)12-4-2-3-10-7-8-16-14(10)12/h2-4,7-9,11,13,15H,5-6H2,1H3. The van der Waals surface area contributed by atoms with E-state index in [0.717, 1.165) is 12.8 Å². The summed E-state index contributed by atoms with van der Waals surface area (Å²) >= 11 is 1.82. The maximum atomic E-state index is 9.86. The Morgan fingerprint density at radius 2 is 2.12 bits per heavy atom. The molecule has 3 unspecified atom stereocenters. The van der Waals surface area contributed by atoms with E-state index in [4.69, 9.17) is 0 Å². The second-order valence-corrected chi connectivity index (χ2v) is 5.71. The van der Waals surface area contributed by atoms with Crippen LogP contribution in [0.25, 0.3) is 10.1 Å². The van der Waals surface area contributed by atoms with E-state index >= 15 is 0 Å². The van der Waals surface area contributed by atoms with Crippen molar-refractivity contribution in [3.63, 3.8) is 0 Å². The van der Waals surface area contributed by atoms with Gasteiger partial charge in [0.2, 0.25) is 0 Å². The number of hydrogen-bond acceptors (Lipinski definition) is 2. The molecular formula is C14H16OS. The molecule has 3 rings (SSSR count). The van der Waals surface area contributed by atoms with Crippen molar-refractivity contribution >= 4 is 21.4 Å². The fourth-order valence-corrected chi connectivity index (χ4v) is 3.87. The SMILES string of the molecule is CC1C(O)CCC1c1cccc2ccsc12. The van der Waals surface area contributed by atoms with Crippen LogP contribution in [0.3, 0.4) is 0 Å². The maximum Gasteiger partial charge on any atom is 0.0571 e. The van der Waals surface area contributed by atoms with Gasteiger partial charge < -0.3 is 5.11 Å². The van der Waals surface area contributed by atoms with Gasteiger partial charge in [0.25, 0.3) is 0 Å². The van der Waals surface area contributed by atoms with Crippen molar-refractivity contribution in [3.8, 4) is 0 Å². The van der Waals surface area contributed by atoms with Gasteiger partial charge in [-0.25, -0.2) is 0 Å². The zero-order chi connectivity index (χ0) is 11.1. The van der Waals surface area contributed by atoms with E-state index in [-0.39, 0.29) is 6.10 Å². The van der Waals surface area contributed by atoms with Gasteiger partial charge in [-0.1, -0.05) is 25.1 Å². The van der Waals surface area contributed by atoms with Crippen LogP contribution in [-0.2, 0) is 0 Å². The molecular weight excluding hydrogens is 216 g/mol. The van der Waals surface area contributed by atoms with Gasteiger partial charge in [-0.15, -0.1) is 11.3 Å². The van der Waals surface area contributed by atoms with Crippen LogP contribution < -0.4 is 0 Å². The zero-order valence-corrected chi connectivity index (χ0v) is 10.2. The second kappa shape index (κ2) is 3.86. The summed E-state index contributed by atoms with van der Waals surface area (Å²) in [5, 5.41) is 13.4. The summed E-state index contributed by atoms with van der Waals surface area (Å²) in [5.74, 6) is 0.935. The van der Waals surface area contributed by atoms with Crippen LogP contribution in [0.1, 0.15) is 31.2 Å². The van der Waals surface area contributed by atoms with Gasteiger partial charge in [-0.3, -0.25) is 0 Å². The van der Waals surface area contributed by atoms with E-state index in [0.29, 0.717) is 11.8 Å². The Kier molecular flexibility index (Phi) is 2.49. The minimum absolute atomic E-state index is 0.111. The minimum atomic E-state index is -0.111. The third-order valence-electron chi connectivity index (χ3n) is 3.92. The van der Waals surface area contributed by atoms with Crippen molar-refractivity contribution in [2.24, 2.45) is 5.92 Å². The Labute approximate surface area is 99.7 Å². The summed E-state index contributed by atoms with van der Waals surface area (Å²) < 4.78 is 1.41. The maximum absolute atomic E-state index is 9.86. The lowest BCUT2D eigenvalue weighted by molar-refractivity contribution is 0.137. The van der Waals surface area contributed by atoms with Crippen molar-refractivity contribution in [2.75, 3.05) is 0 Å². The first-order chi connectivity index (χ1) is 7.77. The Bertz CT molecular complexity index is 502. The van der Waals surface area contributed by atoms with E-state index in [1.165, 1.54) is 15.6 Å². The van der Waals surface area contributed by atoms with E-state index < -0.39 is 0 Å². The number of benzene rings is 1. The van der Waals surface area contributed by atoms with Crippen LogP contribution in [0, 0.1) is 5.92 Å². The predicted octanol–water partition coefficient (Wildman–Crippen LogP) is 3.78. The molecule has 2 aromatic rings. The highest BCUT2D eigenvalue weighted by molar-refractivity contribution is 7.17. The molecule has 16 heavy (non-hydrogen) atoms. The molecule has 0 amide bonds. The van der Waals surface area contributed by atoms with Gasteiger partial charge in [0, 0.05) is 4.70 Å². The number of aliphatic hydroxyl groups excluding tert-OH is 1. The Morgan fingerprint density at radius 3 is 2.88 bits per heavy atom. The van der Waals surface area contributed by atoms with Gasteiger partial charge in [0.15, 0.2) is 0 Å². The van der Waals surface area contributed by atoms with Crippen LogP contribution in [0.4, 0.5) is 0 Å². The van der Waals surface area contributed by atoms with Crippen molar-refractivity contribution in [1.82, 2.24) is 0 Å². The summed E-state index contributed by atoms with van der Waals surface area (Å²) in [5.41, 5.74) is 1.44. The summed E-state index contributed by atoms with van der Waals surface area (Å²) in [4.78, 5) is 0. The normalized spacial score (nSPS) is 30.0. The number of rotatable bonds is 1. The number of thiophene rings is 1. The number of hydrogen-bond donors (Lipinski definition) is 1. The fourth-order valence-electron chi connectivity index (χ4n) is 2.89. The molecule has 0 saturated heterocycles. The molecule has 1 aliphatic rings. The quantitative estimate of drug-likeness (QED) is 0.793. The van der Waals surface area contributed by atoms with Crippen LogP contribution >= 0.6 is 11.3 Å². The highest BCUT2D eigenvalue weighted by Gasteiger charge is 2.33. The Morgan fingerprint density at radius 1 is 1.25 bits per heavy atom. The zero-order valence-electron chi connectivity index (χ0n) is 9.39. The third-order valence-corrected chi connectivity index (χ3v) is 4.90. The molecule has 0 radical (unpaired) electrons. The van der Waals surface area contributed by atoms with Crippen molar-refractivity contribution < 1.29 is 5.11 Å².